The average Bonchev–Trinajstić information content (AvgIpc) is 2.47. The van der Waals surface area contributed by atoms with Crippen molar-refractivity contribution in [3.63, 3.8) is 0 Å². The van der Waals surface area contributed by atoms with Gasteiger partial charge in [-0.3, -0.25) is 0 Å². The molecule has 0 aliphatic carbocycles. The molecular formula is C16H17BrFNO2. The Morgan fingerprint density at radius 2 is 1.95 bits per heavy atom. The number of ether oxygens (including phenoxy) is 2. The van der Waals surface area contributed by atoms with Gasteiger partial charge < -0.3 is 15.2 Å². The van der Waals surface area contributed by atoms with E-state index in [1.165, 1.54) is 12.1 Å². The molecule has 112 valence electrons. The summed E-state index contributed by atoms with van der Waals surface area (Å²) >= 11 is 3.35. The first-order valence-electron chi connectivity index (χ1n) is 6.52. The monoisotopic (exact) mass is 353 g/mol. The van der Waals surface area contributed by atoms with Gasteiger partial charge in [0.1, 0.15) is 23.4 Å². The van der Waals surface area contributed by atoms with Crippen LogP contribution in [0.15, 0.2) is 46.9 Å². The van der Waals surface area contributed by atoms with Crippen LogP contribution in [-0.4, -0.2) is 13.2 Å². The van der Waals surface area contributed by atoms with Gasteiger partial charge in [-0.2, -0.15) is 0 Å². The van der Waals surface area contributed by atoms with Gasteiger partial charge in [0, 0.05) is 12.1 Å². The normalized spacial score (nSPS) is 13.6. The van der Waals surface area contributed by atoms with Crippen LogP contribution in [0.4, 0.5) is 4.39 Å². The summed E-state index contributed by atoms with van der Waals surface area (Å²) in [5.41, 5.74) is 6.90. The zero-order valence-corrected chi connectivity index (χ0v) is 13.4. The SMILES string of the molecule is COc1cccc(C(Oc2cc(F)ccc2Br)C(C)N)c1. The number of rotatable bonds is 5. The molecule has 21 heavy (non-hydrogen) atoms. The molecule has 0 saturated carbocycles. The molecule has 0 amide bonds. The van der Waals surface area contributed by atoms with E-state index in [0.29, 0.717) is 10.2 Å². The lowest BCUT2D eigenvalue weighted by atomic mass is 10.0. The van der Waals surface area contributed by atoms with Crippen molar-refractivity contribution in [2.24, 2.45) is 5.73 Å². The predicted molar refractivity (Wildman–Crippen MR) is 84.1 cm³/mol. The van der Waals surface area contributed by atoms with E-state index < -0.39 is 6.10 Å². The van der Waals surface area contributed by atoms with Crippen LogP contribution in [0.5, 0.6) is 11.5 Å². The quantitative estimate of drug-likeness (QED) is 0.881. The van der Waals surface area contributed by atoms with E-state index in [4.69, 9.17) is 15.2 Å². The second kappa shape index (κ2) is 6.91. The number of nitrogens with two attached hydrogens (primary N) is 1. The van der Waals surface area contributed by atoms with Crippen LogP contribution < -0.4 is 15.2 Å². The van der Waals surface area contributed by atoms with Gasteiger partial charge >= 0.3 is 0 Å². The second-order valence-electron chi connectivity index (χ2n) is 4.75. The van der Waals surface area contributed by atoms with Crippen molar-refractivity contribution in [1.29, 1.82) is 0 Å². The van der Waals surface area contributed by atoms with Crippen LogP contribution in [0, 0.1) is 5.82 Å². The van der Waals surface area contributed by atoms with Crippen LogP contribution in [0.1, 0.15) is 18.6 Å². The van der Waals surface area contributed by atoms with E-state index in [0.717, 1.165) is 11.3 Å². The van der Waals surface area contributed by atoms with E-state index in [2.05, 4.69) is 15.9 Å². The van der Waals surface area contributed by atoms with E-state index in [9.17, 15) is 4.39 Å². The Balaban J connectivity index is 2.33. The summed E-state index contributed by atoms with van der Waals surface area (Å²) in [4.78, 5) is 0. The lowest BCUT2D eigenvalue weighted by Gasteiger charge is -2.24. The Labute approximate surface area is 132 Å². The lowest BCUT2D eigenvalue weighted by molar-refractivity contribution is 0.178. The van der Waals surface area contributed by atoms with Crippen LogP contribution in [0.3, 0.4) is 0 Å². The highest BCUT2D eigenvalue weighted by Gasteiger charge is 2.20. The van der Waals surface area contributed by atoms with Crippen LogP contribution in [0.2, 0.25) is 0 Å². The van der Waals surface area contributed by atoms with Crippen molar-refractivity contribution < 1.29 is 13.9 Å². The number of hydrogen-bond acceptors (Lipinski definition) is 3. The van der Waals surface area contributed by atoms with Crippen LogP contribution >= 0.6 is 15.9 Å². The van der Waals surface area contributed by atoms with Gasteiger partial charge in [-0.1, -0.05) is 12.1 Å². The van der Waals surface area contributed by atoms with Crippen LogP contribution in [0.25, 0.3) is 0 Å². The summed E-state index contributed by atoms with van der Waals surface area (Å²) in [6, 6.07) is 11.5. The van der Waals surface area contributed by atoms with E-state index >= 15 is 0 Å². The fourth-order valence-electron chi connectivity index (χ4n) is 2.00. The van der Waals surface area contributed by atoms with Crippen molar-refractivity contribution in [3.8, 4) is 11.5 Å². The van der Waals surface area contributed by atoms with Crippen molar-refractivity contribution in [3.05, 3.63) is 58.3 Å². The Hall–Kier alpha value is -1.59. The molecule has 0 saturated heterocycles. The maximum atomic E-state index is 13.4. The standard InChI is InChI=1S/C16H17BrFNO2/c1-10(19)16(11-4-3-5-13(8-11)20-2)21-15-9-12(18)6-7-14(15)17/h3-10,16H,19H2,1-2H3. The van der Waals surface area contributed by atoms with Crippen LogP contribution in [-0.2, 0) is 0 Å². The molecule has 0 radical (unpaired) electrons. The molecule has 2 aromatic rings. The molecular weight excluding hydrogens is 337 g/mol. The molecule has 0 aliphatic rings. The van der Waals surface area contributed by atoms with Crippen molar-refractivity contribution in [2.75, 3.05) is 7.11 Å². The number of hydrogen-bond donors (Lipinski definition) is 1. The molecule has 0 bridgehead atoms. The van der Waals surface area contributed by atoms with E-state index in [1.54, 1.807) is 13.2 Å². The third kappa shape index (κ3) is 3.95. The molecule has 2 N–H and O–H groups in total. The zero-order valence-electron chi connectivity index (χ0n) is 11.8. The van der Waals surface area contributed by atoms with E-state index in [1.807, 2.05) is 31.2 Å². The molecule has 0 aliphatic heterocycles. The molecule has 5 heteroatoms. The summed E-state index contributed by atoms with van der Waals surface area (Å²) < 4.78 is 25.2. The first kappa shape index (κ1) is 15.8. The highest BCUT2D eigenvalue weighted by Crippen LogP contribution is 2.32. The Morgan fingerprint density at radius 1 is 1.19 bits per heavy atom. The van der Waals surface area contributed by atoms with Crippen molar-refractivity contribution in [1.82, 2.24) is 0 Å². The van der Waals surface area contributed by atoms with Gasteiger partial charge in [0.05, 0.1) is 11.6 Å². The minimum atomic E-state index is -0.404. The van der Waals surface area contributed by atoms with Gasteiger partial charge in [0.15, 0.2) is 0 Å². The summed E-state index contributed by atoms with van der Waals surface area (Å²) in [6.07, 6.45) is -0.404. The maximum Gasteiger partial charge on any atom is 0.139 e. The topological polar surface area (TPSA) is 44.5 Å². The first-order chi connectivity index (χ1) is 10.0. The Morgan fingerprint density at radius 3 is 2.62 bits per heavy atom. The van der Waals surface area contributed by atoms with Crippen molar-refractivity contribution >= 4 is 15.9 Å². The summed E-state index contributed by atoms with van der Waals surface area (Å²) in [7, 11) is 1.60. The second-order valence-corrected chi connectivity index (χ2v) is 5.60. The highest BCUT2D eigenvalue weighted by molar-refractivity contribution is 9.10. The molecule has 2 rings (SSSR count). The molecule has 2 unspecified atom stereocenters. The summed E-state index contributed by atoms with van der Waals surface area (Å²) in [5, 5.41) is 0. The molecule has 2 atom stereocenters. The molecule has 0 fully saturated rings. The van der Waals surface area contributed by atoms with Gasteiger partial charge in [0.2, 0.25) is 0 Å². The summed E-state index contributed by atoms with van der Waals surface area (Å²) in [6.45, 7) is 1.84. The van der Waals surface area contributed by atoms with Gasteiger partial charge in [-0.15, -0.1) is 0 Å². The average molecular weight is 354 g/mol. The largest absolute Gasteiger partial charge is 0.497 e. The maximum absolute atomic E-state index is 13.4. The number of benzene rings is 2. The first-order valence-corrected chi connectivity index (χ1v) is 7.32. The van der Waals surface area contributed by atoms with E-state index in [-0.39, 0.29) is 11.9 Å². The fraction of sp³-hybridized carbons (Fsp3) is 0.250. The van der Waals surface area contributed by atoms with Gasteiger partial charge in [-0.25, -0.2) is 4.39 Å². The lowest BCUT2D eigenvalue weighted by Crippen LogP contribution is -2.29. The molecule has 0 spiro atoms. The molecule has 2 aromatic carbocycles. The Kier molecular flexibility index (Phi) is 5.20. The fourth-order valence-corrected chi connectivity index (χ4v) is 2.34. The predicted octanol–water partition coefficient (Wildman–Crippen LogP) is 4.06. The minimum Gasteiger partial charge on any atom is -0.497 e. The molecule has 0 aromatic heterocycles. The van der Waals surface area contributed by atoms with Gasteiger partial charge in [0.25, 0.3) is 0 Å². The zero-order chi connectivity index (χ0) is 15.4. The number of halogens is 2. The highest BCUT2D eigenvalue weighted by atomic mass is 79.9. The third-order valence-corrected chi connectivity index (χ3v) is 3.70. The number of methoxy groups -OCH3 is 1. The summed E-state index contributed by atoms with van der Waals surface area (Å²) in [5.74, 6) is 0.780. The van der Waals surface area contributed by atoms with Gasteiger partial charge in [-0.05, 0) is 52.7 Å². The smallest absolute Gasteiger partial charge is 0.139 e. The Bertz CT molecular complexity index is 619. The minimum absolute atomic E-state index is 0.271. The van der Waals surface area contributed by atoms with Crippen molar-refractivity contribution in [2.45, 2.75) is 19.1 Å². The third-order valence-electron chi connectivity index (χ3n) is 3.05. The molecule has 3 nitrogen and oxygen atoms in total. The molecule has 0 heterocycles.